The Hall–Kier alpha value is -2.95. The molecule has 0 aromatic heterocycles. The fourth-order valence-corrected chi connectivity index (χ4v) is 4.11. The van der Waals surface area contributed by atoms with E-state index in [0.717, 1.165) is 5.56 Å². The highest BCUT2D eigenvalue weighted by Crippen LogP contribution is 2.46. The van der Waals surface area contributed by atoms with Crippen molar-refractivity contribution in [2.75, 3.05) is 4.90 Å². The van der Waals surface area contributed by atoms with E-state index in [1.807, 2.05) is 24.3 Å². The lowest BCUT2D eigenvalue weighted by atomic mass is 9.79. The zero-order valence-corrected chi connectivity index (χ0v) is 16.6. The van der Waals surface area contributed by atoms with Crippen LogP contribution in [0, 0.1) is 5.92 Å². The highest BCUT2D eigenvalue weighted by atomic mass is 35.5. The average Bonchev–Trinajstić information content (AvgIpc) is 2.96. The number of fused-ring (bicyclic) bond motifs is 1. The molecule has 5 heteroatoms. The minimum atomic E-state index is -1.93. The van der Waals surface area contributed by atoms with Crippen LogP contribution in [0.1, 0.15) is 28.4 Å². The molecule has 1 N–H and O–H groups in total. The van der Waals surface area contributed by atoms with Crippen LogP contribution in [0.2, 0.25) is 5.02 Å². The Labute approximate surface area is 174 Å². The average molecular weight is 406 g/mol. The van der Waals surface area contributed by atoms with Crippen molar-refractivity contribution in [3.05, 3.63) is 101 Å². The van der Waals surface area contributed by atoms with Crippen LogP contribution in [0.5, 0.6) is 0 Å². The molecule has 29 heavy (non-hydrogen) atoms. The monoisotopic (exact) mass is 405 g/mol. The molecule has 0 unspecified atom stereocenters. The van der Waals surface area contributed by atoms with Gasteiger partial charge in [0.05, 0.1) is 18.2 Å². The summed E-state index contributed by atoms with van der Waals surface area (Å²) in [5.74, 6) is -1.72. The molecule has 0 saturated carbocycles. The SMILES string of the molecule is C[C@H](C(=O)c1ccccc1)[C@@]1(O)C(=O)N(Cc2cccc(Cl)c2)c2ccccc21. The first-order valence-electron chi connectivity index (χ1n) is 9.40. The lowest BCUT2D eigenvalue weighted by Gasteiger charge is -2.28. The summed E-state index contributed by atoms with van der Waals surface area (Å²) >= 11 is 6.09. The minimum Gasteiger partial charge on any atom is -0.375 e. The van der Waals surface area contributed by atoms with Crippen LogP contribution in [0.25, 0.3) is 0 Å². The normalized spacial score (nSPS) is 19.1. The molecular weight excluding hydrogens is 386 g/mol. The third kappa shape index (κ3) is 3.24. The number of halogens is 1. The molecule has 146 valence electrons. The number of ketones is 1. The van der Waals surface area contributed by atoms with Crippen LogP contribution < -0.4 is 4.90 Å². The van der Waals surface area contributed by atoms with E-state index in [1.54, 1.807) is 61.5 Å². The molecule has 1 aliphatic heterocycles. The Morgan fingerprint density at radius 1 is 1.03 bits per heavy atom. The van der Waals surface area contributed by atoms with Crippen LogP contribution in [0.3, 0.4) is 0 Å². The molecule has 0 radical (unpaired) electrons. The van der Waals surface area contributed by atoms with Gasteiger partial charge in [-0.2, -0.15) is 0 Å². The first kappa shape index (κ1) is 19.4. The third-order valence-corrected chi connectivity index (χ3v) is 5.72. The summed E-state index contributed by atoms with van der Waals surface area (Å²) in [7, 11) is 0. The number of anilines is 1. The predicted molar refractivity (Wildman–Crippen MR) is 113 cm³/mol. The molecule has 3 aromatic rings. The van der Waals surface area contributed by atoms with Gasteiger partial charge < -0.3 is 10.0 Å². The molecule has 1 aliphatic rings. The quantitative estimate of drug-likeness (QED) is 0.631. The molecule has 4 nitrogen and oxygen atoms in total. The van der Waals surface area contributed by atoms with E-state index in [9.17, 15) is 14.7 Å². The van der Waals surface area contributed by atoms with Crippen molar-refractivity contribution in [2.45, 2.75) is 19.1 Å². The van der Waals surface area contributed by atoms with Gasteiger partial charge in [0.25, 0.3) is 5.91 Å². The summed E-state index contributed by atoms with van der Waals surface area (Å²) in [6, 6.07) is 23.0. The molecule has 0 fully saturated rings. The van der Waals surface area contributed by atoms with E-state index in [2.05, 4.69) is 0 Å². The molecule has 4 rings (SSSR count). The fourth-order valence-electron chi connectivity index (χ4n) is 3.90. The van der Waals surface area contributed by atoms with Gasteiger partial charge in [0.15, 0.2) is 11.4 Å². The van der Waals surface area contributed by atoms with Gasteiger partial charge in [-0.05, 0) is 23.8 Å². The topological polar surface area (TPSA) is 57.6 Å². The number of hydrogen-bond acceptors (Lipinski definition) is 3. The number of rotatable bonds is 5. The largest absolute Gasteiger partial charge is 0.375 e. The van der Waals surface area contributed by atoms with E-state index in [1.165, 1.54) is 4.90 Å². The van der Waals surface area contributed by atoms with Crippen molar-refractivity contribution in [1.29, 1.82) is 0 Å². The van der Waals surface area contributed by atoms with Crippen LogP contribution in [-0.2, 0) is 16.9 Å². The molecule has 1 amide bonds. The van der Waals surface area contributed by atoms with E-state index >= 15 is 0 Å². The van der Waals surface area contributed by atoms with Crippen LogP contribution >= 0.6 is 11.6 Å². The second-order valence-electron chi connectivity index (χ2n) is 7.26. The third-order valence-electron chi connectivity index (χ3n) is 5.48. The Bertz CT molecular complexity index is 1080. The maximum atomic E-state index is 13.4. The number of carbonyl (C=O) groups is 2. The van der Waals surface area contributed by atoms with Crippen molar-refractivity contribution in [3.63, 3.8) is 0 Å². The predicted octanol–water partition coefficient (Wildman–Crippen LogP) is 4.59. The first-order valence-corrected chi connectivity index (χ1v) is 9.78. The Morgan fingerprint density at radius 3 is 2.45 bits per heavy atom. The summed E-state index contributed by atoms with van der Waals surface area (Å²) < 4.78 is 0. The summed E-state index contributed by atoms with van der Waals surface area (Å²) in [6.45, 7) is 1.86. The van der Waals surface area contributed by atoms with E-state index < -0.39 is 17.4 Å². The number of aliphatic hydroxyl groups is 1. The van der Waals surface area contributed by atoms with Gasteiger partial charge >= 0.3 is 0 Å². The number of benzene rings is 3. The Morgan fingerprint density at radius 2 is 1.72 bits per heavy atom. The second kappa shape index (κ2) is 7.47. The van der Waals surface area contributed by atoms with Gasteiger partial charge in [-0.3, -0.25) is 9.59 Å². The second-order valence-corrected chi connectivity index (χ2v) is 7.69. The summed E-state index contributed by atoms with van der Waals surface area (Å²) in [5.41, 5.74) is 0.428. The van der Waals surface area contributed by atoms with Gasteiger partial charge in [-0.25, -0.2) is 0 Å². The number of nitrogens with zero attached hydrogens (tertiary/aromatic N) is 1. The summed E-state index contributed by atoms with van der Waals surface area (Å²) in [4.78, 5) is 28.0. The highest BCUT2D eigenvalue weighted by Gasteiger charge is 2.55. The lowest BCUT2D eigenvalue weighted by Crippen LogP contribution is -2.47. The van der Waals surface area contributed by atoms with E-state index in [4.69, 9.17) is 11.6 Å². The van der Waals surface area contributed by atoms with Crippen LogP contribution in [-0.4, -0.2) is 16.8 Å². The van der Waals surface area contributed by atoms with Crippen molar-refractivity contribution in [1.82, 2.24) is 0 Å². The molecule has 0 aliphatic carbocycles. The molecule has 0 bridgehead atoms. The molecule has 3 aromatic carbocycles. The minimum absolute atomic E-state index is 0.255. The van der Waals surface area contributed by atoms with Gasteiger partial charge in [-0.15, -0.1) is 0 Å². The maximum Gasteiger partial charge on any atom is 0.264 e. The van der Waals surface area contributed by atoms with Crippen molar-refractivity contribution >= 4 is 29.0 Å². The molecular formula is C24H20ClNO3. The Kier molecular flexibility index (Phi) is 4.99. The number of hydrogen-bond donors (Lipinski definition) is 1. The smallest absolute Gasteiger partial charge is 0.264 e. The van der Waals surface area contributed by atoms with E-state index in [-0.39, 0.29) is 12.3 Å². The highest BCUT2D eigenvalue weighted by molar-refractivity contribution is 6.30. The number of carbonyl (C=O) groups excluding carboxylic acids is 2. The molecule has 0 saturated heterocycles. The molecule has 1 heterocycles. The number of amides is 1. The lowest BCUT2D eigenvalue weighted by molar-refractivity contribution is -0.139. The van der Waals surface area contributed by atoms with Crippen LogP contribution in [0.15, 0.2) is 78.9 Å². The zero-order chi connectivity index (χ0) is 20.6. The van der Waals surface area contributed by atoms with Crippen molar-refractivity contribution < 1.29 is 14.7 Å². The molecule has 0 spiro atoms. The Balaban J connectivity index is 1.74. The molecule has 2 atom stereocenters. The van der Waals surface area contributed by atoms with Gasteiger partial charge in [0.2, 0.25) is 0 Å². The van der Waals surface area contributed by atoms with Crippen molar-refractivity contribution in [2.24, 2.45) is 5.92 Å². The number of para-hydroxylation sites is 1. The van der Waals surface area contributed by atoms with Crippen molar-refractivity contribution in [3.8, 4) is 0 Å². The maximum absolute atomic E-state index is 13.4. The number of Topliss-reactive ketones (excluding diaryl/α,β-unsaturated/α-hetero) is 1. The zero-order valence-electron chi connectivity index (χ0n) is 15.9. The standard InChI is InChI=1S/C24H20ClNO3/c1-16(22(27)18-9-3-2-4-10-18)24(29)20-12-5-6-13-21(20)26(23(24)28)15-17-8-7-11-19(25)14-17/h2-14,16,29H,15H2,1H3/t16-,24+/m1/s1. The van der Waals surface area contributed by atoms with Gasteiger partial charge in [0, 0.05) is 16.1 Å². The van der Waals surface area contributed by atoms with E-state index in [0.29, 0.717) is 21.8 Å². The summed E-state index contributed by atoms with van der Waals surface area (Å²) in [5, 5.41) is 12.2. The fraction of sp³-hybridized carbons (Fsp3) is 0.167. The first-order chi connectivity index (χ1) is 13.9. The summed E-state index contributed by atoms with van der Waals surface area (Å²) in [6.07, 6.45) is 0. The van der Waals surface area contributed by atoms with Crippen LogP contribution in [0.4, 0.5) is 5.69 Å². The van der Waals surface area contributed by atoms with Gasteiger partial charge in [0.1, 0.15) is 0 Å². The van der Waals surface area contributed by atoms with Gasteiger partial charge in [-0.1, -0.05) is 79.2 Å².